The third kappa shape index (κ3) is 5.83. The number of nitrogens with one attached hydrogen (secondary N) is 1. The quantitative estimate of drug-likeness (QED) is 0.541. The summed E-state index contributed by atoms with van der Waals surface area (Å²) in [5.41, 5.74) is -3.30. The van der Waals surface area contributed by atoms with Crippen LogP contribution < -0.4 is 10.1 Å². The maximum absolute atomic E-state index is 13.0. The van der Waals surface area contributed by atoms with Crippen molar-refractivity contribution in [1.29, 1.82) is 0 Å². The van der Waals surface area contributed by atoms with E-state index in [2.05, 4.69) is 5.32 Å². The minimum Gasteiger partial charge on any atom is -0.494 e. The summed E-state index contributed by atoms with van der Waals surface area (Å²) >= 11 is 0. The fraction of sp³-hybridized carbons (Fsp3) is 0.500. The normalized spacial score (nSPS) is 21.7. The van der Waals surface area contributed by atoms with Gasteiger partial charge in [0.25, 0.3) is 0 Å². The third-order valence-corrected chi connectivity index (χ3v) is 4.47. The number of amides is 2. The van der Waals surface area contributed by atoms with Gasteiger partial charge in [0, 0.05) is 12.8 Å². The Labute approximate surface area is 164 Å². The minimum absolute atomic E-state index is 0.00889. The summed E-state index contributed by atoms with van der Waals surface area (Å²) < 4.78 is 44.3. The van der Waals surface area contributed by atoms with Crippen molar-refractivity contribution in [3.05, 3.63) is 30.3 Å². The van der Waals surface area contributed by atoms with Gasteiger partial charge in [-0.15, -0.1) is 0 Å². The van der Waals surface area contributed by atoms with E-state index in [9.17, 15) is 32.7 Å². The number of aliphatic carboxylic acids is 1. The Morgan fingerprint density at radius 1 is 1.24 bits per heavy atom. The first-order valence-electron chi connectivity index (χ1n) is 8.79. The molecule has 2 atom stereocenters. The van der Waals surface area contributed by atoms with Crippen molar-refractivity contribution in [2.75, 3.05) is 19.7 Å². The summed E-state index contributed by atoms with van der Waals surface area (Å²) in [6, 6.07) is 7.06. The van der Waals surface area contributed by atoms with Gasteiger partial charge < -0.3 is 25.2 Å². The third-order valence-electron chi connectivity index (χ3n) is 4.47. The zero-order valence-electron chi connectivity index (χ0n) is 15.3. The Morgan fingerprint density at radius 3 is 2.48 bits per heavy atom. The molecule has 2 rings (SSSR count). The number of ether oxygens (including phenoxy) is 1. The molecule has 1 saturated heterocycles. The molecule has 8 nitrogen and oxygen atoms in total. The van der Waals surface area contributed by atoms with Gasteiger partial charge in [-0.2, -0.15) is 13.2 Å². The molecule has 29 heavy (non-hydrogen) atoms. The topological polar surface area (TPSA) is 116 Å². The highest BCUT2D eigenvalue weighted by atomic mass is 19.4. The Morgan fingerprint density at radius 2 is 1.90 bits per heavy atom. The summed E-state index contributed by atoms with van der Waals surface area (Å²) in [4.78, 5) is 35.5. The van der Waals surface area contributed by atoms with Gasteiger partial charge in [-0.1, -0.05) is 18.2 Å². The lowest BCUT2D eigenvalue weighted by Crippen LogP contribution is -2.49. The Kier molecular flexibility index (Phi) is 7.07. The van der Waals surface area contributed by atoms with Gasteiger partial charge in [-0.05, 0) is 18.6 Å². The molecule has 1 aromatic rings. The highest BCUT2D eigenvalue weighted by Gasteiger charge is 2.62. The van der Waals surface area contributed by atoms with Crippen LogP contribution in [0.1, 0.15) is 19.3 Å². The van der Waals surface area contributed by atoms with Gasteiger partial charge in [0.2, 0.25) is 11.8 Å². The second-order valence-electron chi connectivity index (χ2n) is 6.65. The number of para-hydroxylation sites is 1. The van der Waals surface area contributed by atoms with E-state index in [1.54, 1.807) is 24.3 Å². The number of carbonyl (C=O) groups excluding carboxylic acids is 2. The predicted molar refractivity (Wildman–Crippen MR) is 92.9 cm³/mol. The number of nitrogens with zero attached hydrogens (tertiary/aromatic N) is 1. The zero-order valence-corrected chi connectivity index (χ0v) is 15.3. The van der Waals surface area contributed by atoms with Gasteiger partial charge >= 0.3 is 12.1 Å². The van der Waals surface area contributed by atoms with Crippen LogP contribution in [-0.4, -0.2) is 70.4 Å². The van der Waals surface area contributed by atoms with Crippen LogP contribution in [0.15, 0.2) is 30.3 Å². The number of likely N-dealkylation sites (tertiary alicyclic amines) is 1. The molecule has 1 aliphatic rings. The molecule has 3 N–H and O–H groups in total. The molecule has 1 fully saturated rings. The predicted octanol–water partition coefficient (Wildman–Crippen LogP) is 0.941. The molecular formula is C18H21F3N2O6. The first-order chi connectivity index (χ1) is 13.5. The van der Waals surface area contributed by atoms with Crippen LogP contribution in [0.25, 0.3) is 0 Å². The summed E-state index contributed by atoms with van der Waals surface area (Å²) in [6.07, 6.45) is -5.90. The number of carboxylic acid groups (broad SMARTS) is 1. The van der Waals surface area contributed by atoms with Crippen LogP contribution in [0.4, 0.5) is 13.2 Å². The maximum atomic E-state index is 13.0. The van der Waals surface area contributed by atoms with Gasteiger partial charge in [-0.25, -0.2) is 4.79 Å². The molecule has 2 amide bonds. The molecule has 1 heterocycles. The average molecular weight is 418 g/mol. The lowest BCUT2D eigenvalue weighted by Gasteiger charge is -2.25. The fourth-order valence-corrected chi connectivity index (χ4v) is 2.88. The Hall–Kier alpha value is -2.82. The molecule has 0 aromatic heterocycles. The average Bonchev–Trinajstić information content (AvgIpc) is 3.04. The van der Waals surface area contributed by atoms with E-state index >= 15 is 0 Å². The van der Waals surface area contributed by atoms with E-state index in [4.69, 9.17) is 9.84 Å². The van der Waals surface area contributed by atoms with E-state index in [-0.39, 0.29) is 13.0 Å². The number of β-amino-alcohol motifs (C(OH)–C–C–N with tert-alkyl or cyclic N) is 1. The van der Waals surface area contributed by atoms with Crippen LogP contribution in [-0.2, 0) is 14.4 Å². The molecule has 0 radical (unpaired) electrons. The summed E-state index contributed by atoms with van der Waals surface area (Å²) in [5, 5.41) is 21.0. The molecule has 11 heteroatoms. The van der Waals surface area contributed by atoms with Gasteiger partial charge in [0.15, 0.2) is 5.60 Å². The number of halogens is 3. The lowest BCUT2D eigenvalue weighted by atomic mass is 10.00. The Bertz CT molecular complexity index is 743. The molecule has 0 bridgehead atoms. The van der Waals surface area contributed by atoms with Crippen LogP contribution >= 0.6 is 0 Å². The fourth-order valence-electron chi connectivity index (χ4n) is 2.88. The van der Waals surface area contributed by atoms with Crippen molar-refractivity contribution in [1.82, 2.24) is 10.2 Å². The highest BCUT2D eigenvalue weighted by molar-refractivity contribution is 5.88. The second-order valence-corrected chi connectivity index (χ2v) is 6.65. The molecular weight excluding hydrogens is 397 g/mol. The molecule has 1 aliphatic heterocycles. The maximum Gasteiger partial charge on any atom is 0.419 e. The molecule has 0 saturated carbocycles. The van der Waals surface area contributed by atoms with Gasteiger partial charge in [0.05, 0.1) is 19.7 Å². The number of carbonyl (C=O) groups is 3. The minimum atomic E-state index is -5.09. The number of rotatable bonds is 8. The number of alkyl halides is 3. The summed E-state index contributed by atoms with van der Waals surface area (Å²) in [5.74, 6) is -2.59. The first kappa shape index (κ1) is 22.5. The SMILES string of the molecule is O=C(CCCOc1ccccc1)NCC(=O)N1CC(O)(C(F)(F)F)C[C@H]1C(=O)O. The molecule has 1 unspecified atom stereocenters. The van der Waals surface area contributed by atoms with Gasteiger partial charge in [0.1, 0.15) is 11.8 Å². The Balaban J connectivity index is 1.79. The van der Waals surface area contributed by atoms with Crippen LogP contribution in [0, 0.1) is 0 Å². The van der Waals surface area contributed by atoms with Crippen molar-refractivity contribution in [2.24, 2.45) is 0 Å². The van der Waals surface area contributed by atoms with Crippen molar-refractivity contribution >= 4 is 17.8 Å². The summed E-state index contributed by atoms with van der Waals surface area (Å²) in [7, 11) is 0. The monoisotopic (exact) mass is 418 g/mol. The van der Waals surface area contributed by atoms with Crippen molar-refractivity contribution in [3.8, 4) is 5.75 Å². The van der Waals surface area contributed by atoms with E-state index in [1.807, 2.05) is 6.07 Å². The van der Waals surface area contributed by atoms with Crippen molar-refractivity contribution in [3.63, 3.8) is 0 Å². The second kappa shape index (κ2) is 9.12. The first-order valence-corrected chi connectivity index (χ1v) is 8.79. The van der Waals surface area contributed by atoms with Crippen LogP contribution in [0.2, 0.25) is 0 Å². The summed E-state index contributed by atoms with van der Waals surface area (Å²) in [6.45, 7) is -1.62. The molecule has 0 aliphatic carbocycles. The molecule has 0 spiro atoms. The number of carboxylic acids is 1. The van der Waals surface area contributed by atoms with Crippen LogP contribution in [0.3, 0.4) is 0 Å². The number of hydrogen-bond acceptors (Lipinski definition) is 5. The van der Waals surface area contributed by atoms with Crippen molar-refractivity contribution in [2.45, 2.75) is 37.1 Å². The zero-order chi connectivity index (χ0) is 21.7. The standard InChI is InChI=1S/C18H21F3N2O6/c19-18(20,21)17(28)9-13(16(26)27)23(11-17)15(25)10-22-14(24)7-4-8-29-12-5-2-1-3-6-12/h1-3,5-6,13,28H,4,7-11H2,(H,22,24)(H,26,27)/t13-,17?/m0/s1. The lowest BCUT2D eigenvalue weighted by molar-refractivity contribution is -0.254. The van der Waals surface area contributed by atoms with E-state index in [0.29, 0.717) is 17.1 Å². The largest absolute Gasteiger partial charge is 0.494 e. The van der Waals surface area contributed by atoms with Crippen molar-refractivity contribution < 1.29 is 42.5 Å². The highest BCUT2D eigenvalue weighted by Crippen LogP contribution is 2.40. The number of aliphatic hydroxyl groups is 1. The number of hydrogen-bond donors (Lipinski definition) is 3. The number of benzene rings is 1. The van der Waals surface area contributed by atoms with E-state index in [0.717, 1.165) is 0 Å². The smallest absolute Gasteiger partial charge is 0.419 e. The molecule has 1 aromatic carbocycles. The van der Waals surface area contributed by atoms with Gasteiger partial charge in [-0.3, -0.25) is 9.59 Å². The molecule has 160 valence electrons. The van der Waals surface area contributed by atoms with E-state index in [1.165, 1.54) is 0 Å². The van der Waals surface area contributed by atoms with E-state index < -0.39 is 55.1 Å². The van der Waals surface area contributed by atoms with Crippen LogP contribution in [0.5, 0.6) is 5.75 Å².